The molecule has 0 bridgehead atoms. The molecule has 0 spiro atoms. The first kappa shape index (κ1) is 17.6. The van der Waals surface area contributed by atoms with Gasteiger partial charge in [-0.2, -0.15) is 0 Å². The molecule has 0 aliphatic heterocycles. The van der Waals surface area contributed by atoms with Gasteiger partial charge in [-0.25, -0.2) is 4.98 Å². The number of nitrogens with one attached hydrogen (secondary N) is 1. The normalized spacial score (nSPS) is 12.1. The average Bonchev–Trinajstić information content (AvgIpc) is 3.00. The Labute approximate surface area is 142 Å². The molecule has 0 saturated carbocycles. The largest absolute Gasteiger partial charge is 0.352 e. The fourth-order valence-corrected chi connectivity index (χ4v) is 3.19. The number of hydrogen-bond acceptors (Lipinski definition) is 4. The predicted octanol–water partition coefficient (Wildman–Crippen LogP) is 3.29. The number of carbonyl (C=O) groups excluding carboxylic acids is 1. The molecule has 0 aliphatic carbocycles. The van der Waals surface area contributed by atoms with Gasteiger partial charge in [0.25, 0.3) is 0 Å². The third-order valence-corrected chi connectivity index (χ3v) is 4.69. The number of unbranched alkanes of at least 4 members (excludes halogenated alkanes) is 1. The second-order valence-corrected chi connectivity index (χ2v) is 6.69. The molecule has 1 heterocycles. The molecule has 23 heavy (non-hydrogen) atoms. The molecule has 1 amide bonds. The van der Waals surface area contributed by atoms with Gasteiger partial charge in [-0.05, 0) is 13.3 Å². The van der Waals surface area contributed by atoms with Crippen LogP contribution in [0, 0.1) is 6.92 Å². The van der Waals surface area contributed by atoms with E-state index in [1.165, 1.54) is 5.56 Å². The maximum absolute atomic E-state index is 12.1. The molecule has 1 aromatic heterocycles. The van der Waals surface area contributed by atoms with E-state index in [0.29, 0.717) is 13.0 Å². The van der Waals surface area contributed by atoms with Crippen LogP contribution in [0.5, 0.6) is 0 Å². The van der Waals surface area contributed by atoms with Crippen LogP contribution in [-0.2, 0) is 11.2 Å². The van der Waals surface area contributed by atoms with E-state index < -0.39 is 0 Å². The molecule has 0 saturated heterocycles. The highest BCUT2D eigenvalue weighted by Gasteiger charge is 2.13. The summed E-state index contributed by atoms with van der Waals surface area (Å²) in [6.07, 6.45) is 3.43. The van der Waals surface area contributed by atoms with Crippen molar-refractivity contribution in [3.8, 4) is 10.6 Å². The fraction of sp³-hybridized carbons (Fsp3) is 0.444. The summed E-state index contributed by atoms with van der Waals surface area (Å²) in [5.41, 5.74) is 8.85. The van der Waals surface area contributed by atoms with E-state index in [4.69, 9.17) is 5.73 Å². The van der Waals surface area contributed by atoms with Crippen molar-refractivity contribution in [1.29, 1.82) is 0 Å². The second kappa shape index (κ2) is 8.79. The SMILES string of the molecule is CCCCC(CN)NC(=O)Cc1csc(-c2ccc(C)cc2)n1. The van der Waals surface area contributed by atoms with Gasteiger partial charge in [0.2, 0.25) is 5.91 Å². The number of carbonyl (C=O) groups is 1. The van der Waals surface area contributed by atoms with E-state index in [2.05, 4.69) is 48.4 Å². The molecule has 1 atom stereocenters. The van der Waals surface area contributed by atoms with Gasteiger partial charge < -0.3 is 11.1 Å². The summed E-state index contributed by atoms with van der Waals surface area (Å²) < 4.78 is 0. The van der Waals surface area contributed by atoms with Crippen LogP contribution in [0.15, 0.2) is 29.6 Å². The fourth-order valence-electron chi connectivity index (χ4n) is 2.36. The topological polar surface area (TPSA) is 68.0 Å². The van der Waals surface area contributed by atoms with Gasteiger partial charge in [-0.1, -0.05) is 49.6 Å². The van der Waals surface area contributed by atoms with E-state index >= 15 is 0 Å². The number of hydrogen-bond donors (Lipinski definition) is 2. The summed E-state index contributed by atoms with van der Waals surface area (Å²) in [4.78, 5) is 16.7. The number of amides is 1. The van der Waals surface area contributed by atoms with Crippen LogP contribution in [0.3, 0.4) is 0 Å². The Kier molecular flexibility index (Phi) is 6.74. The minimum atomic E-state index is -0.00249. The van der Waals surface area contributed by atoms with Gasteiger partial charge in [0.1, 0.15) is 5.01 Å². The van der Waals surface area contributed by atoms with Crippen LogP contribution in [0.1, 0.15) is 37.4 Å². The molecule has 124 valence electrons. The van der Waals surface area contributed by atoms with Gasteiger partial charge >= 0.3 is 0 Å². The Bertz CT molecular complexity index is 621. The van der Waals surface area contributed by atoms with E-state index in [1.807, 2.05) is 5.38 Å². The van der Waals surface area contributed by atoms with Crippen molar-refractivity contribution in [3.63, 3.8) is 0 Å². The highest BCUT2D eigenvalue weighted by Crippen LogP contribution is 2.24. The maximum Gasteiger partial charge on any atom is 0.226 e. The summed E-state index contributed by atoms with van der Waals surface area (Å²) in [7, 11) is 0. The van der Waals surface area contributed by atoms with Crippen LogP contribution < -0.4 is 11.1 Å². The molecule has 2 aromatic rings. The van der Waals surface area contributed by atoms with Crippen LogP contribution in [0.2, 0.25) is 0 Å². The molecule has 4 nitrogen and oxygen atoms in total. The van der Waals surface area contributed by atoms with Crippen molar-refractivity contribution in [2.75, 3.05) is 6.54 Å². The molecular weight excluding hydrogens is 306 g/mol. The lowest BCUT2D eigenvalue weighted by atomic mass is 10.1. The Morgan fingerprint density at radius 1 is 1.35 bits per heavy atom. The molecule has 2 rings (SSSR count). The predicted molar refractivity (Wildman–Crippen MR) is 96.5 cm³/mol. The van der Waals surface area contributed by atoms with Gasteiger partial charge in [0, 0.05) is 23.5 Å². The van der Waals surface area contributed by atoms with E-state index in [1.54, 1.807) is 11.3 Å². The highest BCUT2D eigenvalue weighted by molar-refractivity contribution is 7.13. The summed E-state index contributed by atoms with van der Waals surface area (Å²) in [5.74, 6) is -0.00249. The number of nitrogens with two attached hydrogens (primary N) is 1. The number of nitrogens with zero attached hydrogens (tertiary/aromatic N) is 1. The lowest BCUT2D eigenvalue weighted by Crippen LogP contribution is -2.40. The molecule has 0 radical (unpaired) electrons. The Hall–Kier alpha value is -1.72. The van der Waals surface area contributed by atoms with Gasteiger partial charge in [-0.15, -0.1) is 11.3 Å². The first-order valence-corrected chi connectivity index (χ1v) is 9.01. The Balaban J connectivity index is 1.93. The summed E-state index contributed by atoms with van der Waals surface area (Å²) in [6, 6.07) is 8.34. The summed E-state index contributed by atoms with van der Waals surface area (Å²) >= 11 is 1.57. The molecule has 5 heteroatoms. The molecule has 1 unspecified atom stereocenters. The van der Waals surface area contributed by atoms with Gasteiger partial charge in [0.05, 0.1) is 12.1 Å². The first-order valence-electron chi connectivity index (χ1n) is 8.13. The maximum atomic E-state index is 12.1. The smallest absolute Gasteiger partial charge is 0.226 e. The van der Waals surface area contributed by atoms with E-state index in [-0.39, 0.29) is 11.9 Å². The standard InChI is InChI=1S/C18H25N3OS/c1-3-4-5-15(11-19)20-17(22)10-16-12-23-18(21-16)14-8-6-13(2)7-9-14/h6-9,12,15H,3-5,10-11,19H2,1-2H3,(H,20,22). The van der Waals surface area contributed by atoms with Gasteiger partial charge in [0.15, 0.2) is 0 Å². The quantitative estimate of drug-likeness (QED) is 0.780. The first-order chi connectivity index (χ1) is 11.1. The molecule has 0 aliphatic rings. The van der Waals surface area contributed by atoms with Crippen molar-refractivity contribution in [1.82, 2.24) is 10.3 Å². The molecule has 1 aromatic carbocycles. The lowest BCUT2D eigenvalue weighted by Gasteiger charge is -2.15. The second-order valence-electron chi connectivity index (χ2n) is 5.83. The number of aromatic nitrogens is 1. The number of rotatable bonds is 8. The Morgan fingerprint density at radius 2 is 2.09 bits per heavy atom. The third-order valence-electron chi connectivity index (χ3n) is 3.75. The zero-order valence-corrected chi connectivity index (χ0v) is 14.7. The minimum absolute atomic E-state index is 0.00249. The number of aryl methyl sites for hydroxylation is 1. The average molecular weight is 331 g/mol. The molecular formula is C18H25N3OS. The monoisotopic (exact) mass is 331 g/mol. The lowest BCUT2D eigenvalue weighted by molar-refractivity contribution is -0.121. The zero-order valence-electron chi connectivity index (χ0n) is 13.8. The summed E-state index contributed by atoms with van der Waals surface area (Å²) in [5, 5.41) is 5.92. The summed E-state index contributed by atoms with van der Waals surface area (Å²) in [6.45, 7) is 4.68. The Morgan fingerprint density at radius 3 is 2.74 bits per heavy atom. The molecule has 3 N–H and O–H groups in total. The van der Waals surface area contributed by atoms with Crippen molar-refractivity contribution in [2.24, 2.45) is 5.73 Å². The van der Waals surface area contributed by atoms with E-state index in [9.17, 15) is 4.79 Å². The van der Waals surface area contributed by atoms with Crippen molar-refractivity contribution in [2.45, 2.75) is 45.6 Å². The zero-order chi connectivity index (χ0) is 16.7. The van der Waals surface area contributed by atoms with Crippen LogP contribution in [0.4, 0.5) is 0 Å². The van der Waals surface area contributed by atoms with Crippen molar-refractivity contribution < 1.29 is 4.79 Å². The number of thiazole rings is 1. The van der Waals surface area contributed by atoms with Crippen LogP contribution in [0.25, 0.3) is 10.6 Å². The highest BCUT2D eigenvalue weighted by atomic mass is 32.1. The number of benzene rings is 1. The van der Waals surface area contributed by atoms with Gasteiger partial charge in [-0.3, -0.25) is 4.79 Å². The van der Waals surface area contributed by atoms with Crippen LogP contribution in [-0.4, -0.2) is 23.5 Å². The third kappa shape index (κ3) is 5.44. The van der Waals surface area contributed by atoms with Crippen molar-refractivity contribution >= 4 is 17.2 Å². The molecule has 0 fully saturated rings. The van der Waals surface area contributed by atoms with E-state index in [0.717, 1.165) is 35.5 Å². The van der Waals surface area contributed by atoms with Crippen molar-refractivity contribution in [3.05, 3.63) is 40.9 Å². The van der Waals surface area contributed by atoms with Crippen LogP contribution >= 0.6 is 11.3 Å². The minimum Gasteiger partial charge on any atom is -0.352 e.